The SMILES string of the molecule is CC(C)(C)OC(=O)N1CC[C@@H](S(=O)c2nc3ccccc3o2)C1. The third kappa shape index (κ3) is 3.55. The fourth-order valence-electron chi connectivity index (χ4n) is 2.47. The van der Waals surface area contributed by atoms with Crippen LogP contribution in [0, 0.1) is 0 Å². The van der Waals surface area contributed by atoms with E-state index in [1.165, 1.54) is 0 Å². The first-order valence-corrected chi connectivity index (χ1v) is 8.79. The summed E-state index contributed by atoms with van der Waals surface area (Å²) in [7, 11) is -1.38. The fraction of sp³-hybridized carbons (Fsp3) is 0.500. The lowest BCUT2D eigenvalue weighted by Crippen LogP contribution is -2.36. The Morgan fingerprint density at radius 1 is 1.39 bits per heavy atom. The molecule has 0 spiro atoms. The summed E-state index contributed by atoms with van der Waals surface area (Å²) < 4.78 is 23.6. The van der Waals surface area contributed by atoms with Gasteiger partial charge in [-0.05, 0) is 39.3 Å². The van der Waals surface area contributed by atoms with Crippen molar-refractivity contribution in [2.24, 2.45) is 0 Å². The number of ether oxygens (including phenoxy) is 1. The summed E-state index contributed by atoms with van der Waals surface area (Å²) >= 11 is 0. The van der Waals surface area contributed by atoms with Crippen molar-refractivity contribution in [2.45, 2.75) is 43.3 Å². The molecular weight excluding hydrogens is 316 g/mol. The number of nitrogens with zero attached hydrogens (tertiary/aromatic N) is 2. The highest BCUT2D eigenvalue weighted by Gasteiger charge is 2.34. The third-order valence-electron chi connectivity index (χ3n) is 3.55. The zero-order valence-electron chi connectivity index (χ0n) is 13.4. The van der Waals surface area contributed by atoms with Crippen LogP contribution in [0.2, 0.25) is 0 Å². The van der Waals surface area contributed by atoms with Gasteiger partial charge in [0, 0.05) is 13.1 Å². The highest BCUT2D eigenvalue weighted by molar-refractivity contribution is 7.85. The molecule has 2 aromatic rings. The van der Waals surface area contributed by atoms with Crippen LogP contribution >= 0.6 is 0 Å². The van der Waals surface area contributed by atoms with Crippen molar-refractivity contribution in [3.63, 3.8) is 0 Å². The molecule has 6 nitrogen and oxygen atoms in total. The highest BCUT2D eigenvalue weighted by atomic mass is 32.2. The van der Waals surface area contributed by atoms with Crippen molar-refractivity contribution in [1.29, 1.82) is 0 Å². The monoisotopic (exact) mass is 336 g/mol. The average Bonchev–Trinajstić information content (AvgIpc) is 3.11. The van der Waals surface area contributed by atoms with Gasteiger partial charge in [-0.2, -0.15) is 0 Å². The zero-order valence-corrected chi connectivity index (χ0v) is 14.3. The maximum atomic E-state index is 12.6. The molecule has 0 radical (unpaired) electrons. The normalized spacial score (nSPS) is 20.0. The van der Waals surface area contributed by atoms with Crippen LogP contribution in [0.3, 0.4) is 0 Å². The number of likely N-dealkylation sites (tertiary alicyclic amines) is 1. The van der Waals surface area contributed by atoms with Crippen LogP contribution in [0.1, 0.15) is 27.2 Å². The van der Waals surface area contributed by atoms with Crippen molar-refractivity contribution in [2.75, 3.05) is 13.1 Å². The second-order valence-corrected chi connectivity index (χ2v) is 8.19. The third-order valence-corrected chi connectivity index (χ3v) is 5.05. The number of carbonyl (C=O) groups excluding carboxylic acids is 1. The van der Waals surface area contributed by atoms with Crippen molar-refractivity contribution in [3.8, 4) is 0 Å². The molecule has 2 atom stereocenters. The summed E-state index contributed by atoms with van der Waals surface area (Å²) in [6.07, 6.45) is 0.277. The minimum absolute atomic E-state index is 0.185. The molecule has 0 saturated carbocycles. The van der Waals surface area contributed by atoms with Gasteiger partial charge in [-0.1, -0.05) is 12.1 Å². The predicted molar refractivity (Wildman–Crippen MR) is 86.6 cm³/mol. The fourth-order valence-corrected chi connectivity index (χ4v) is 3.76. The van der Waals surface area contributed by atoms with Gasteiger partial charge in [0.05, 0.1) is 5.25 Å². The van der Waals surface area contributed by atoms with Crippen molar-refractivity contribution >= 4 is 28.0 Å². The Labute approximate surface area is 137 Å². The van der Waals surface area contributed by atoms with Gasteiger partial charge in [0.15, 0.2) is 5.58 Å². The molecule has 1 unspecified atom stereocenters. The Hall–Kier alpha value is -1.89. The maximum absolute atomic E-state index is 12.6. The highest BCUT2D eigenvalue weighted by Crippen LogP contribution is 2.24. The minimum Gasteiger partial charge on any atom is -0.444 e. The molecule has 1 aliphatic heterocycles. The van der Waals surface area contributed by atoms with Gasteiger partial charge >= 0.3 is 6.09 Å². The van der Waals surface area contributed by atoms with Crippen LogP contribution < -0.4 is 0 Å². The number of para-hydroxylation sites is 2. The second-order valence-electron chi connectivity index (χ2n) is 6.58. The van der Waals surface area contributed by atoms with Gasteiger partial charge in [-0.15, -0.1) is 0 Å². The van der Waals surface area contributed by atoms with E-state index in [0.717, 1.165) is 0 Å². The average molecular weight is 336 g/mol. The number of oxazole rings is 1. The molecule has 1 amide bonds. The van der Waals surface area contributed by atoms with E-state index in [4.69, 9.17) is 9.15 Å². The summed E-state index contributed by atoms with van der Waals surface area (Å²) in [5.74, 6) is 0. The van der Waals surface area contributed by atoms with Gasteiger partial charge in [-0.25, -0.2) is 14.0 Å². The van der Waals surface area contributed by atoms with Crippen LogP contribution in [0.15, 0.2) is 33.9 Å². The Morgan fingerprint density at radius 2 is 2.13 bits per heavy atom. The summed E-state index contributed by atoms with van der Waals surface area (Å²) in [4.78, 5) is 18.0. The van der Waals surface area contributed by atoms with E-state index in [9.17, 15) is 9.00 Å². The summed E-state index contributed by atoms with van der Waals surface area (Å²) in [5.41, 5.74) is 0.782. The van der Waals surface area contributed by atoms with E-state index in [-0.39, 0.29) is 16.6 Å². The number of rotatable bonds is 2. The molecule has 7 heteroatoms. The zero-order chi connectivity index (χ0) is 16.6. The van der Waals surface area contributed by atoms with Crippen LogP contribution in [-0.4, -0.2) is 44.1 Å². The smallest absolute Gasteiger partial charge is 0.410 e. The van der Waals surface area contributed by atoms with Crippen LogP contribution in [0.25, 0.3) is 11.1 Å². The molecule has 1 saturated heterocycles. The molecular formula is C16H20N2O4S. The molecule has 2 heterocycles. The van der Waals surface area contributed by atoms with Gasteiger partial charge in [-0.3, -0.25) is 0 Å². The number of hydrogen-bond acceptors (Lipinski definition) is 5. The van der Waals surface area contributed by atoms with E-state index in [1.54, 1.807) is 11.0 Å². The lowest BCUT2D eigenvalue weighted by atomic mass is 10.2. The van der Waals surface area contributed by atoms with Gasteiger partial charge < -0.3 is 14.1 Å². The molecule has 3 rings (SSSR count). The summed E-state index contributed by atoms with van der Waals surface area (Å²) in [6.45, 7) is 6.41. The van der Waals surface area contributed by atoms with Crippen molar-refractivity contribution in [1.82, 2.24) is 9.88 Å². The first-order valence-electron chi connectivity index (χ1n) is 7.57. The Kier molecular flexibility index (Phi) is 4.14. The largest absolute Gasteiger partial charge is 0.444 e. The van der Waals surface area contributed by atoms with E-state index < -0.39 is 16.4 Å². The minimum atomic E-state index is -1.38. The van der Waals surface area contributed by atoms with E-state index >= 15 is 0 Å². The Morgan fingerprint density at radius 3 is 2.83 bits per heavy atom. The number of hydrogen-bond donors (Lipinski definition) is 0. The predicted octanol–water partition coefficient (Wildman–Crippen LogP) is 2.94. The first-order chi connectivity index (χ1) is 10.8. The molecule has 1 aromatic heterocycles. The number of carbonyl (C=O) groups is 1. The van der Waals surface area contributed by atoms with Crippen LogP contribution in [0.5, 0.6) is 0 Å². The maximum Gasteiger partial charge on any atom is 0.410 e. The standard InChI is InChI=1S/C16H20N2O4S/c1-16(2,3)22-15(19)18-9-8-11(10-18)23(20)14-17-12-6-4-5-7-13(12)21-14/h4-7,11H,8-10H2,1-3H3/t11-,23?/m1/s1. The molecule has 124 valence electrons. The lowest BCUT2D eigenvalue weighted by molar-refractivity contribution is 0.0295. The number of amides is 1. The van der Waals surface area contributed by atoms with Gasteiger partial charge in [0.2, 0.25) is 0 Å². The van der Waals surface area contributed by atoms with E-state index in [2.05, 4.69) is 4.98 Å². The number of fused-ring (bicyclic) bond motifs is 1. The lowest BCUT2D eigenvalue weighted by Gasteiger charge is -2.24. The molecule has 1 fully saturated rings. The molecule has 1 aromatic carbocycles. The summed E-state index contributed by atoms with van der Waals surface area (Å²) in [5, 5.41) is 0.0396. The Bertz CT molecular complexity index is 717. The van der Waals surface area contributed by atoms with Crippen LogP contribution in [0.4, 0.5) is 4.79 Å². The Balaban J connectivity index is 1.68. The summed E-state index contributed by atoms with van der Waals surface area (Å²) in [6, 6.07) is 7.32. The number of aromatic nitrogens is 1. The first kappa shape index (κ1) is 16.0. The van der Waals surface area contributed by atoms with Gasteiger partial charge in [0.25, 0.3) is 5.22 Å². The molecule has 0 bridgehead atoms. The van der Waals surface area contributed by atoms with Crippen LogP contribution in [-0.2, 0) is 15.5 Å². The topological polar surface area (TPSA) is 72.6 Å². The van der Waals surface area contributed by atoms with E-state index in [0.29, 0.717) is 30.6 Å². The van der Waals surface area contributed by atoms with E-state index in [1.807, 2.05) is 39.0 Å². The number of benzene rings is 1. The van der Waals surface area contributed by atoms with Gasteiger partial charge in [0.1, 0.15) is 21.9 Å². The van der Waals surface area contributed by atoms with Crippen molar-refractivity contribution < 1.29 is 18.2 Å². The molecule has 1 aliphatic rings. The molecule has 23 heavy (non-hydrogen) atoms. The second kappa shape index (κ2) is 5.96. The molecule has 0 aliphatic carbocycles. The quantitative estimate of drug-likeness (QED) is 0.843. The molecule has 0 N–H and O–H groups in total. The van der Waals surface area contributed by atoms with Crippen molar-refractivity contribution in [3.05, 3.63) is 24.3 Å².